The van der Waals surface area contributed by atoms with Gasteiger partial charge in [0, 0.05) is 10.9 Å². The van der Waals surface area contributed by atoms with Crippen molar-refractivity contribution in [3.8, 4) is 0 Å². The van der Waals surface area contributed by atoms with Gasteiger partial charge in [0.25, 0.3) is 12.0 Å². The van der Waals surface area contributed by atoms with Crippen LogP contribution >= 0.6 is 0 Å². The van der Waals surface area contributed by atoms with E-state index in [0.29, 0.717) is 9.38 Å². The van der Waals surface area contributed by atoms with Gasteiger partial charge in [-0.05, 0) is 30.4 Å². The van der Waals surface area contributed by atoms with Crippen LogP contribution in [0.4, 0.5) is 4.79 Å². The summed E-state index contributed by atoms with van der Waals surface area (Å²) in [5, 5.41) is 13.8. The largest absolute Gasteiger partial charge is 0.640 e. The van der Waals surface area contributed by atoms with Gasteiger partial charge < -0.3 is 0 Å². The summed E-state index contributed by atoms with van der Waals surface area (Å²) in [5.74, 6) is 0. The Balaban J connectivity index is 1.91. The van der Waals surface area contributed by atoms with E-state index in [1.54, 1.807) is 26.0 Å². The molecule has 2 rings (SSSR count). The van der Waals surface area contributed by atoms with Crippen LogP contribution in [0.3, 0.4) is 0 Å². The molecule has 0 fully saturated rings. The predicted molar refractivity (Wildman–Crippen MR) is 76.8 cm³/mol. The highest BCUT2D eigenvalue weighted by atomic mass is 32.3. The van der Waals surface area contributed by atoms with Crippen LogP contribution in [-0.2, 0) is 25.5 Å². The van der Waals surface area contributed by atoms with Gasteiger partial charge in [-0.3, -0.25) is 0 Å². The van der Waals surface area contributed by atoms with Crippen molar-refractivity contribution in [2.24, 2.45) is 10.4 Å². The number of amides is 2. The van der Waals surface area contributed by atoms with E-state index in [1.165, 1.54) is 12.4 Å². The Bertz CT molecular complexity index is 937. The van der Waals surface area contributed by atoms with Crippen LogP contribution in [0.2, 0.25) is 0 Å². The van der Waals surface area contributed by atoms with E-state index in [1.807, 2.05) is 0 Å². The van der Waals surface area contributed by atoms with Crippen LogP contribution in [0.25, 0.3) is 6.20 Å². The molecule has 0 radical (unpaired) electrons. The van der Waals surface area contributed by atoms with Crippen molar-refractivity contribution in [3.63, 3.8) is 0 Å². The molecule has 14 nitrogen and oxygen atoms in total. The molecule has 0 aromatic carbocycles. The molecule has 1 aliphatic heterocycles. The Morgan fingerprint density at radius 1 is 1.12 bits per heavy atom. The Hall–Kier alpha value is -2.91. The molecule has 0 unspecified atom stereocenters. The van der Waals surface area contributed by atoms with Gasteiger partial charge in [-0.15, -0.1) is 0 Å². The van der Waals surface area contributed by atoms with Crippen LogP contribution in [0.15, 0.2) is 33.6 Å². The third-order valence-electron chi connectivity index (χ3n) is 2.54. The number of nitrogens with zero attached hydrogens (tertiary/aromatic N) is 8. The minimum Gasteiger partial charge on any atom is -0.244 e. The third-order valence-corrected chi connectivity index (χ3v) is 3.33. The molecule has 2 heterocycles. The van der Waals surface area contributed by atoms with Gasteiger partial charge >= 0.3 is 27.3 Å². The zero-order chi connectivity index (χ0) is 18.4. The van der Waals surface area contributed by atoms with E-state index in [4.69, 9.17) is 0 Å². The second-order valence-corrected chi connectivity index (χ2v) is 5.57. The van der Waals surface area contributed by atoms with Crippen molar-refractivity contribution in [2.75, 3.05) is 6.73 Å². The minimum atomic E-state index is -4.53. The first-order valence-electron chi connectivity index (χ1n) is 6.72. The van der Waals surface area contributed by atoms with Gasteiger partial charge in [0.15, 0.2) is 12.9 Å². The molecule has 2 amide bonds. The van der Waals surface area contributed by atoms with E-state index < -0.39 is 35.6 Å². The molecule has 134 valence electrons. The first-order valence-corrected chi connectivity index (χ1v) is 8.05. The highest BCUT2D eigenvalue weighted by molar-refractivity contribution is 7.81. The molecule has 1 aromatic heterocycles. The van der Waals surface area contributed by atoms with Crippen LogP contribution in [0.5, 0.6) is 0 Å². The monoisotopic (exact) mass is 374 g/mol. The fourth-order valence-corrected chi connectivity index (χ4v) is 1.99. The number of carbonyl (C=O) groups is 1. The summed E-state index contributed by atoms with van der Waals surface area (Å²) in [7, 11) is -4.53. The van der Waals surface area contributed by atoms with Crippen LogP contribution in [-0.4, -0.2) is 50.4 Å². The van der Waals surface area contributed by atoms with Gasteiger partial charge in [0.05, 0.1) is 0 Å². The standard InChI is InChI=1S/C10H14N8O6S/c1-3-5-15-9(19)17(13-11-15)7-23-25(21,22)24-8-18-10(20)16(6-4-2)12-14-18/h3-6H,7-8H2,1-2H3/q+2/b5-3+,6-4+. The van der Waals surface area contributed by atoms with Crippen LogP contribution < -0.4 is 5.69 Å². The highest BCUT2D eigenvalue weighted by Gasteiger charge is 2.41. The van der Waals surface area contributed by atoms with Crippen molar-refractivity contribution in [2.45, 2.75) is 20.6 Å². The van der Waals surface area contributed by atoms with Crippen molar-refractivity contribution in [1.29, 1.82) is 0 Å². The fraction of sp³-hybridized carbons (Fsp3) is 0.400. The third kappa shape index (κ3) is 4.55. The second-order valence-electron chi connectivity index (χ2n) is 4.28. The number of rotatable bonds is 8. The van der Waals surface area contributed by atoms with E-state index in [9.17, 15) is 18.0 Å². The molecule has 0 saturated carbocycles. The fourth-order valence-electron chi connectivity index (χ4n) is 1.47. The van der Waals surface area contributed by atoms with Gasteiger partial charge in [-0.25, -0.2) is 8.98 Å². The number of hydrogen-bond donors (Lipinski definition) is 0. The molecule has 1 aliphatic rings. The molecule has 1 aromatic rings. The van der Waals surface area contributed by atoms with Gasteiger partial charge in [-0.1, -0.05) is 6.08 Å². The summed E-state index contributed by atoms with van der Waals surface area (Å²) >= 11 is 0. The zero-order valence-electron chi connectivity index (χ0n) is 13.2. The molecular formula is C10H14N8O6S+2. The molecule has 0 bridgehead atoms. The molecule has 25 heavy (non-hydrogen) atoms. The average Bonchev–Trinajstić information content (AvgIpc) is 3.09. The van der Waals surface area contributed by atoms with E-state index >= 15 is 0 Å². The Labute approximate surface area is 140 Å². The Morgan fingerprint density at radius 2 is 1.88 bits per heavy atom. The summed E-state index contributed by atoms with van der Waals surface area (Å²) in [6, 6.07) is -0.709. The van der Waals surface area contributed by atoms with Gasteiger partial charge in [-0.2, -0.15) is 26.8 Å². The molecule has 0 atom stereocenters. The number of tetrazole rings is 1. The molecule has 0 N–H and O–H groups in total. The Kier molecular flexibility index (Phi) is 5.73. The lowest BCUT2D eigenvalue weighted by Gasteiger charge is -2.01. The molecule has 0 saturated heterocycles. The normalized spacial score (nSPS) is 15.4. The summed E-state index contributed by atoms with van der Waals surface area (Å²) in [6.45, 7) is 1.82. The van der Waals surface area contributed by atoms with E-state index in [-0.39, 0.29) is 0 Å². The SMILES string of the molecule is C/C=C/n1nnn(COS(=O)(=O)OC[N+]2=NN=[N+](/C=C/C)C2=O)c1=O. The average molecular weight is 374 g/mol. The van der Waals surface area contributed by atoms with Crippen LogP contribution in [0.1, 0.15) is 13.8 Å². The maximum absolute atomic E-state index is 11.7. The summed E-state index contributed by atoms with van der Waals surface area (Å²) < 4.78 is 35.4. The minimum absolute atomic E-state index is 0.662. The van der Waals surface area contributed by atoms with Crippen molar-refractivity contribution in [3.05, 3.63) is 28.8 Å². The lowest BCUT2D eigenvalue weighted by Crippen LogP contribution is -2.28. The number of urea groups is 1. The molecular weight excluding hydrogens is 360 g/mol. The number of allylic oxidation sites excluding steroid dienone is 2. The highest BCUT2D eigenvalue weighted by Crippen LogP contribution is 2.04. The summed E-state index contributed by atoms with van der Waals surface area (Å²) in [6.07, 6.45) is 5.74. The Morgan fingerprint density at radius 3 is 2.56 bits per heavy atom. The summed E-state index contributed by atoms with van der Waals surface area (Å²) in [5.41, 5.74) is -0.709. The molecule has 0 aliphatic carbocycles. The van der Waals surface area contributed by atoms with Crippen LogP contribution in [0, 0.1) is 0 Å². The summed E-state index contributed by atoms with van der Waals surface area (Å²) in [4.78, 5) is 23.5. The van der Waals surface area contributed by atoms with Crippen molar-refractivity contribution in [1.82, 2.24) is 19.8 Å². The van der Waals surface area contributed by atoms with Crippen molar-refractivity contribution >= 4 is 22.6 Å². The lowest BCUT2D eigenvalue weighted by molar-refractivity contribution is -0.583. The quantitative estimate of drug-likeness (QED) is 0.559. The van der Waals surface area contributed by atoms with E-state index in [2.05, 4.69) is 29.2 Å². The van der Waals surface area contributed by atoms with Gasteiger partial charge in [0.2, 0.25) is 0 Å². The molecule has 0 spiro atoms. The predicted octanol–water partition coefficient (Wildman–Crippen LogP) is -0.365. The number of aromatic nitrogens is 4. The number of hydrogen-bond acceptors (Lipinski definition) is 10. The first kappa shape index (κ1) is 18.4. The maximum Gasteiger partial charge on any atom is 0.640 e. The maximum atomic E-state index is 11.7. The second kappa shape index (κ2) is 7.77. The first-order chi connectivity index (χ1) is 11.9. The number of carbonyl (C=O) groups excluding carboxylic acids is 1. The molecule has 15 heteroatoms. The van der Waals surface area contributed by atoms with Gasteiger partial charge in [0.1, 0.15) is 4.70 Å². The topological polar surface area (TPSA) is 153 Å². The van der Waals surface area contributed by atoms with E-state index in [0.717, 1.165) is 9.38 Å². The zero-order valence-corrected chi connectivity index (χ0v) is 14.0. The lowest BCUT2D eigenvalue weighted by atomic mass is 10.7. The smallest absolute Gasteiger partial charge is 0.244 e. The van der Waals surface area contributed by atoms with Crippen molar-refractivity contribution < 1.29 is 31.0 Å².